The van der Waals surface area contributed by atoms with Crippen molar-refractivity contribution in [2.45, 2.75) is 25.4 Å². The maximum atomic E-state index is 12.0. The van der Waals surface area contributed by atoms with Gasteiger partial charge in [-0.3, -0.25) is 4.90 Å². The molecule has 2 aromatic carbocycles. The average molecular weight is 422 g/mol. The van der Waals surface area contributed by atoms with Crippen LogP contribution in [0.2, 0.25) is 0 Å². The summed E-state index contributed by atoms with van der Waals surface area (Å²) in [6.07, 6.45) is 1.99. The number of nitrogens with zero attached hydrogens (tertiary/aromatic N) is 1. The fraction of sp³-hybridized carbons (Fsp3) is 0.375. The highest BCUT2D eigenvalue weighted by Crippen LogP contribution is 2.32. The third-order valence-corrected chi connectivity index (χ3v) is 5.91. The van der Waals surface area contributed by atoms with Crippen molar-refractivity contribution < 1.29 is 18.6 Å². The Labute approximate surface area is 180 Å². The van der Waals surface area contributed by atoms with Crippen LogP contribution in [0.3, 0.4) is 0 Å². The van der Waals surface area contributed by atoms with Gasteiger partial charge in [-0.05, 0) is 48.7 Å². The lowest BCUT2D eigenvalue weighted by molar-refractivity contribution is 0.170. The first-order chi connectivity index (χ1) is 15.2. The first kappa shape index (κ1) is 19.8. The number of hydrogen-bond acceptors (Lipinski definition) is 7. The highest BCUT2D eigenvalue weighted by molar-refractivity contribution is 5.90. The first-order valence-electron chi connectivity index (χ1n) is 10.7. The second-order valence-corrected chi connectivity index (χ2v) is 8.01. The van der Waals surface area contributed by atoms with Gasteiger partial charge >= 0.3 is 5.63 Å². The Hall–Kier alpha value is -3.19. The molecule has 0 radical (unpaired) electrons. The molecule has 1 N–H and O–H groups in total. The minimum Gasteiger partial charge on any atom is -0.497 e. The number of fused-ring (bicyclic) bond motifs is 2. The van der Waals surface area contributed by atoms with E-state index in [9.17, 15) is 4.79 Å². The van der Waals surface area contributed by atoms with E-state index in [1.54, 1.807) is 19.2 Å². The molecule has 31 heavy (non-hydrogen) atoms. The van der Waals surface area contributed by atoms with Crippen molar-refractivity contribution in [3.8, 4) is 17.2 Å². The van der Waals surface area contributed by atoms with Crippen molar-refractivity contribution in [3.05, 3.63) is 58.4 Å². The Kier molecular flexibility index (Phi) is 5.42. The molecule has 3 heterocycles. The van der Waals surface area contributed by atoms with E-state index < -0.39 is 0 Å². The van der Waals surface area contributed by atoms with Crippen LogP contribution in [0, 0.1) is 0 Å². The topological polar surface area (TPSA) is 73.2 Å². The highest BCUT2D eigenvalue weighted by Gasteiger charge is 2.21. The van der Waals surface area contributed by atoms with Gasteiger partial charge in [-0.2, -0.15) is 0 Å². The molecule has 0 unspecified atom stereocenters. The van der Waals surface area contributed by atoms with Crippen molar-refractivity contribution in [2.75, 3.05) is 38.7 Å². The van der Waals surface area contributed by atoms with Crippen LogP contribution in [0.25, 0.3) is 11.0 Å². The number of piperidine rings is 1. The van der Waals surface area contributed by atoms with Crippen LogP contribution in [0.1, 0.15) is 18.4 Å². The summed E-state index contributed by atoms with van der Waals surface area (Å²) >= 11 is 0. The minimum atomic E-state index is -0.351. The van der Waals surface area contributed by atoms with Gasteiger partial charge in [0.2, 0.25) is 0 Å². The molecule has 162 valence electrons. The lowest BCUT2D eigenvalue weighted by atomic mass is 10.0. The molecule has 7 nitrogen and oxygen atoms in total. The zero-order valence-electron chi connectivity index (χ0n) is 17.6. The fourth-order valence-corrected chi connectivity index (χ4v) is 4.29. The molecule has 0 amide bonds. The summed E-state index contributed by atoms with van der Waals surface area (Å²) < 4.78 is 22.0. The molecule has 2 aliphatic heterocycles. The van der Waals surface area contributed by atoms with Gasteiger partial charge in [-0.1, -0.05) is 6.07 Å². The van der Waals surface area contributed by atoms with Crippen LogP contribution >= 0.6 is 0 Å². The average Bonchev–Trinajstić information content (AvgIpc) is 2.80. The molecule has 1 saturated heterocycles. The number of benzene rings is 2. The molecule has 0 atom stereocenters. The fourth-order valence-electron chi connectivity index (χ4n) is 4.29. The van der Waals surface area contributed by atoms with Crippen molar-refractivity contribution in [3.63, 3.8) is 0 Å². The summed E-state index contributed by atoms with van der Waals surface area (Å²) in [6, 6.07) is 13.5. The van der Waals surface area contributed by atoms with E-state index in [1.165, 1.54) is 11.6 Å². The quantitative estimate of drug-likeness (QED) is 0.629. The number of rotatable bonds is 5. The van der Waals surface area contributed by atoms with Crippen LogP contribution in [-0.4, -0.2) is 44.4 Å². The van der Waals surface area contributed by atoms with Gasteiger partial charge in [0.1, 0.15) is 24.5 Å². The standard InChI is InChI=1S/C24H26N2O5/c1-28-18-3-5-21-19(13-18)20(14-24(27)31-21)25-17-6-8-26(9-7-17)15-16-2-4-22-23(12-16)30-11-10-29-22/h2-5,12-14,17,25H,6-11,15H2,1H3. The molecular formula is C24H26N2O5. The van der Waals surface area contributed by atoms with Crippen molar-refractivity contribution >= 4 is 16.7 Å². The zero-order chi connectivity index (χ0) is 21.2. The van der Waals surface area contributed by atoms with Crippen LogP contribution in [-0.2, 0) is 6.54 Å². The van der Waals surface area contributed by atoms with E-state index in [0.29, 0.717) is 24.8 Å². The van der Waals surface area contributed by atoms with E-state index in [2.05, 4.69) is 22.3 Å². The van der Waals surface area contributed by atoms with E-state index in [-0.39, 0.29) is 5.63 Å². The second-order valence-electron chi connectivity index (χ2n) is 8.01. The highest BCUT2D eigenvalue weighted by atomic mass is 16.6. The predicted molar refractivity (Wildman–Crippen MR) is 118 cm³/mol. The van der Waals surface area contributed by atoms with Crippen LogP contribution in [0.5, 0.6) is 17.2 Å². The maximum absolute atomic E-state index is 12.0. The number of nitrogens with one attached hydrogen (secondary N) is 1. The largest absolute Gasteiger partial charge is 0.497 e. The maximum Gasteiger partial charge on any atom is 0.338 e. The zero-order valence-corrected chi connectivity index (χ0v) is 17.6. The third kappa shape index (κ3) is 4.32. The van der Waals surface area contributed by atoms with Crippen molar-refractivity contribution in [1.82, 2.24) is 4.90 Å². The number of anilines is 1. The third-order valence-electron chi connectivity index (χ3n) is 5.91. The molecule has 0 aliphatic carbocycles. The van der Waals surface area contributed by atoms with E-state index in [4.69, 9.17) is 18.6 Å². The van der Waals surface area contributed by atoms with Gasteiger partial charge in [0, 0.05) is 37.1 Å². The van der Waals surface area contributed by atoms with Crippen LogP contribution < -0.4 is 25.2 Å². The van der Waals surface area contributed by atoms with Crippen molar-refractivity contribution in [2.24, 2.45) is 0 Å². The van der Waals surface area contributed by atoms with Gasteiger partial charge in [-0.25, -0.2) is 4.79 Å². The monoisotopic (exact) mass is 422 g/mol. The van der Waals surface area contributed by atoms with Gasteiger partial charge in [-0.15, -0.1) is 0 Å². The van der Waals surface area contributed by atoms with Gasteiger partial charge in [0.25, 0.3) is 0 Å². The molecule has 7 heteroatoms. The lowest BCUT2D eigenvalue weighted by Gasteiger charge is -2.33. The molecule has 2 aliphatic rings. The molecule has 1 aromatic heterocycles. The number of likely N-dealkylation sites (tertiary alicyclic amines) is 1. The molecule has 3 aromatic rings. The number of ether oxygens (including phenoxy) is 3. The van der Waals surface area contributed by atoms with Crippen LogP contribution in [0.4, 0.5) is 5.69 Å². The predicted octanol–water partition coefficient (Wildman–Crippen LogP) is 3.65. The second kappa shape index (κ2) is 8.51. The normalized spacial score (nSPS) is 16.9. The Morgan fingerprint density at radius 2 is 1.84 bits per heavy atom. The molecule has 0 spiro atoms. The smallest absolute Gasteiger partial charge is 0.338 e. The number of hydrogen-bond donors (Lipinski definition) is 1. The molecule has 1 fully saturated rings. The summed E-state index contributed by atoms with van der Waals surface area (Å²) in [5, 5.41) is 4.42. The summed E-state index contributed by atoms with van der Waals surface area (Å²) in [6.45, 7) is 4.06. The molecule has 0 bridgehead atoms. The Balaban J connectivity index is 1.24. The van der Waals surface area contributed by atoms with E-state index >= 15 is 0 Å². The molecule has 0 saturated carbocycles. The summed E-state index contributed by atoms with van der Waals surface area (Å²) in [5.74, 6) is 2.40. The van der Waals surface area contributed by atoms with Gasteiger partial charge in [0.15, 0.2) is 11.5 Å². The Bertz CT molecular complexity index is 1130. The van der Waals surface area contributed by atoms with Crippen LogP contribution in [0.15, 0.2) is 51.7 Å². The molecular weight excluding hydrogens is 396 g/mol. The SMILES string of the molecule is COc1ccc2oc(=O)cc(NC3CCN(Cc4ccc5c(c4)OCCO5)CC3)c2c1. The van der Waals surface area contributed by atoms with E-state index in [0.717, 1.165) is 60.8 Å². The Morgan fingerprint density at radius 1 is 1.03 bits per heavy atom. The Morgan fingerprint density at radius 3 is 2.65 bits per heavy atom. The molecule has 5 rings (SSSR count). The summed E-state index contributed by atoms with van der Waals surface area (Å²) in [4.78, 5) is 14.4. The van der Waals surface area contributed by atoms with Gasteiger partial charge in [0.05, 0.1) is 12.8 Å². The lowest BCUT2D eigenvalue weighted by Crippen LogP contribution is -2.38. The first-order valence-corrected chi connectivity index (χ1v) is 10.7. The van der Waals surface area contributed by atoms with Crippen molar-refractivity contribution in [1.29, 1.82) is 0 Å². The number of methoxy groups -OCH3 is 1. The summed E-state index contributed by atoms with van der Waals surface area (Å²) in [5.41, 5.74) is 2.24. The summed E-state index contributed by atoms with van der Waals surface area (Å²) in [7, 11) is 1.63. The minimum absolute atomic E-state index is 0.299. The van der Waals surface area contributed by atoms with Gasteiger partial charge < -0.3 is 23.9 Å². The van der Waals surface area contributed by atoms with E-state index in [1.807, 2.05) is 12.1 Å².